The van der Waals surface area contributed by atoms with E-state index in [9.17, 15) is 0 Å². The van der Waals surface area contributed by atoms with E-state index in [4.69, 9.17) is 14.4 Å². The summed E-state index contributed by atoms with van der Waals surface area (Å²) in [6, 6.07) is 106. The molecule has 15 rings (SSSR count). The van der Waals surface area contributed by atoms with Gasteiger partial charge in [0.25, 0.3) is 0 Å². The summed E-state index contributed by atoms with van der Waals surface area (Å²) in [5.41, 5.74) is 23.2. The number of benzene rings is 12. The summed E-state index contributed by atoms with van der Waals surface area (Å²) in [5.74, 6) is 0.653. The van der Waals surface area contributed by atoms with Crippen LogP contribution >= 0.6 is 0 Å². The van der Waals surface area contributed by atoms with Crippen LogP contribution in [0.2, 0.25) is 0 Å². The molecule has 3 heterocycles. The molecule has 12 aromatic carbocycles. The lowest BCUT2D eigenvalue weighted by atomic mass is 9.91. The molecule has 0 aliphatic rings. The maximum atomic E-state index is 6.65. The molecule has 0 amide bonds. The Labute approximate surface area is 463 Å². The van der Waals surface area contributed by atoms with E-state index in [1.54, 1.807) is 0 Å². The number of hydrogen-bond donors (Lipinski definition) is 0. The molecule has 0 saturated carbocycles. The quantitative estimate of drug-likeness (QED) is 0.137. The van der Waals surface area contributed by atoms with Gasteiger partial charge in [-0.15, -0.1) is 0 Å². The summed E-state index contributed by atoms with van der Waals surface area (Å²) in [4.78, 5) is 10.8. The third-order valence-electron chi connectivity index (χ3n) is 15.6. The minimum atomic E-state index is 0.653. The van der Waals surface area contributed by atoms with Gasteiger partial charge in [-0.2, -0.15) is 0 Å². The van der Waals surface area contributed by atoms with Gasteiger partial charge in [0, 0.05) is 49.5 Å². The minimum absolute atomic E-state index is 0.653. The summed E-state index contributed by atoms with van der Waals surface area (Å²) in [5, 5.41) is 4.66. The standard InChI is InChI=1S/C76H49N3O/c1-3-18-50(19-4-1)54-22-13-24-56(42-54)57-25-15-28-60(44-57)76-77-70(49-71(78-76)59-27-16-29-64(48-59)79-72-35-10-7-30-66(72)67-31-8-11-36-73(67)79)53-40-38-52(39-41-53)61-45-62(58-26-14-23-55(43-58)51-20-5-2-6-21-51)47-63(46-61)65-33-17-34-69-68-32-9-12-37-74(68)80-75(65)69/h1-49H. The topological polar surface area (TPSA) is 43.9 Å². The molecule has 0 aliphatic heterocycles. The van der Waals surface area contributed by atoms with Crippen LogP contribution in [0.5, 0.6) is 0 Å². The summed E-state index contributed by atoms with van der Waals surface area (Å²) in [7, 11) is 0. The van der Waals surface area contributed by atoms with Crippen LogP contribution in [-0.4, -0.2) is 14.5 Å². The Morgan fingerprint density at radius 3 is 1.31 bits per heavy atom. The Balaban J connectivity index is 0.862. The fraction of sp³-hybridized carbons (Fsp3) is 0. The van der Waals surface area contributed by atoms with Crippen molar-refractivity contribution < 1.29 is 4.42 Å². The van der Waals surface area contributed by atoms with E-state index in [0.29, 0.717) is 5.82 Å². The highest BCUT2D eigenvalue weighted by Crippen LogP contribution is 2.41. The van der Waals surface area contributed by atoms with Crippen molar-refractivity contribution in [3.8, 4) is 106 Å². The van der Waals surface area contributed by atoms with E-state index in [0.717, 1.165) is 111 Å². The normalized spacial score (nSPS) is 11.5. The average Bonchev–Trinajstić information content (AvgIpc) is 4.12. The zero-order valence-corrected chi connectivity index (χ0v) is 43.5. The van der Waals surface area contributed by atoms with Crippen LogP contribution in [-0.2, 0) is 0 Å². The summed E-state index contributed by atoms with van der Waals surface area (Å²) in [6.07, 6.45) is 0. The summed E-state index contributed by atoms with van der Waals surface area (Å²) in [6.45, 7) is 0. The van der Waals surface area contributed by atoms with Gasteiger partial charge < -0.3 is 8.98 Å². The highest BCUT2D eigenvalue weighted by Gasteiger charge is 2.18. The number of furan rings is 1. The minimum Gasteiger partial charge on any atom is -0.455 e. The van der Waals surface area contributed by atoms with Gasteiger partial charge in [-0.1, -0.05) is 224 Å². The van der Waals surface area contributed by atoms with E-state index in [2.05, 4.69) is 296 Å². The van der Waals surface area contributed by atoms with E-state index in [-0.39, 0.29) is 0 Å². The van der Waals surface area contributed by atoms with Gasteiger partial charge in [-0.05, 0) is 134 Å². The molecule has 80 heavy (non-hydrogen) atoms. The lowest BCUT2D eigenvalue weighted by molar-refractivity contribution is 0.670. The zero-order chi connectivity index (χ0) is 52.9. The first kappa shape index (κ1) is 46.6. The second-order valence-electron chi connectivity index (χ2n) is 20.5. The molecule has 3 aromatic heterocycles. The number of rotatable bonds is 10. The Hall–Kier alpha value is -10.7. The first-order valence-corrected chi connectivity index (χ1v) is 27.2. The molecular weight excluding hydrogens is 971 g/mol. The van der Waals surface area contributed by atoms with Crippen molar-refractivity contribution in [2.75, 3.05) is 0 Å². The molecule has 15 aromatic rings. The predicted molar refractivity (Wildman–Crippen MR) is 333 cm³/mol. The zero-order valence-electron chi connectivity index (χ0n) is 43.5. The molecule has 374 valence electrons. The van der Waals surface area contributed by atoms with Crippen LogP contribution in [0, 0.1) is 0 Å². The summed E-state index contributed by atoms with van der Waals surface area (Å²) >= 11 is 0. The summed E-state index contributed by atoms with van der Waals surface area (Å²) < 4.78 is 9.01. The van der Waals surface area contributed by atoms with Crippen LogP contribution in [0.3, 0.4) is 0 Å². The van der Waals surface area contributed by atoms with E-state index >= 15 is 0 Å². The van der Waals surface area contributed by atoms with Crippen molar-refractivity contribution in [1.82, 2.24) is 14.5 Å². The van der Waals surface area contributed by atoms with Gasteiger partial charge in [0.2, 0.25) is 0 Å². The number of fused-ring (bicyclic) bond motifs is 6. The van der Waals surface area contributed by atoms with Crippen LogP contribution < -0.4 is 0 Å². The molecular formula is C76H49N3O. The van der Waals surface area contributed by atoms with Gasteiger partial charge in [0.05, 0.1) is 22.4 Å². The Kier molecular flexibility index (Phi) is 11.5. The maximum absolute atomic E-state index is 6.65. The third kappa shape index (κ3) is 8.53. The number of para-hydroxylation sites is 4. The van der Waals surface area contributed by atoms with Gasteiger partial charge in [0.1, 0.15) is 11.2 Å². The van der Waals surface area contributed by atoms with Crippen molar-refractivity contribution in [2.45, 2.75) is 0 Å². The van der Waals surface area contributed by atoms with Crippen LogP contribution in [0.4, 0.5) is 0 Å². The SMILES string of the molecule is c1ccc(-c2cccc(-c3cccc(-c4nc(-c5ccc(-c6cc(-c7cccc(-c8ccccc8)c7)cc(-c7cccc8c7oc7ccccc78)c6)cc5)cc(-c5cccc(-n6c7ccccc7c7ccccc76)c5)n4)c3)c2)cc1. The average molecular weight is 1020 g/mol. The molecule has 0 unspecified atom stereocenters. The third-order valence-corrected chi connectivity index (χ3v) is 15.6. The van der Waals surface area contributed by atoms with Gasteiger partial charge >= 0.3 is 0 Å². The van der Waals surface area contributed by atoms with Gasteiger partial charge in [-0.3, -0.25) is 0 Å². The fourth-order valence-electron chi connectivity index (χ4n) is 11.7. The molecule has 0 aliphatic carbocycles. The maximum Gasteiger partial charge on any atom is 0.160 e. The molecule has 0 saturated heterocycles. The molecule has 0 spiro atoms. The number of nitrogens with zero attached hydrogens (tertiary/aromatic N) is 3. The second kappa shape index (κ2) is 19.7. The van der Waals surface area contributed by atoms with Crippen LogP contribution in [0.1, 0.15) is 0 Å². The first-order chi connectivity index (χ1) is 39.6. The van der Waals surface area contributed by atoms with Crippen molar-refractivity contribution >= 4 is 43.7 Å². The number of aromatic nitrogens is 3. The lowest BCUT2D eigenvalue weighted by Gasteiger charge is -2.14. The van der Waals surface area contributed by atoms with Crippen molar-refractivity contribution in [2.24, 2.45) is 0 Å². The van der Waals surface area contributed by atoms with E-state index < -0.39 is 0 Å². The first-order valence-electron chi connectivity index (χ1n) is 27.2. The predicted octanol–water partition coefficient (Wildman–Crippen LogP) is 20.5. The largest absolute Gasteiger partial charge is 0.455 e. The highest BCUT2D eigenvalue weighted by atomic mass is 16.3. The fourth-order valence-corrected chi connectivity index (χ4v) is 11.7. The Morgan fingerprint density at radius 1 is 0.250 bits per heavy atom. The van der Waals surface area contributed by atoms with Crippen LogP contribution in [0.25, 0.3) is 150 Å². The molecule has 0 N–H and O–H groups in total. The Bertz CT molecular complexity index is 4770. The lowest BCUT2D eigenvalue weighted by Crippen LogP contribution is -1.98. The van der Waals surface area contributed by atoms with Crippen LogP contribution in [0.15, 0.2) is 302 Å². The molecule has 4 nitrogen and oxygen atoms in total. The smallest absolute Gasteiger partial charge is 0.160 e. The van der Waals surface area contributed by atoms with E-state index in [1.807, 2.05) is 6.07 Å². The second-order valence-corrected chi connectivity index (χ2v) is 20.5. The van der Waals surface area contributed by atoms with E-state index in [1.165, 1.54) is 33.0 Å². The Morgan fingerprint density at radius 2 is 0.662 bits per heavy atom. The van der Waals surface area contributed by atoms with Crippen molar-refractivity contribution in [3.63, 3.8) is 0 Å². The van der Waals surface area contributed by atoms with Gasteiger partial charge in [-0.25, -0.2) is 9.97 Å². The molecule has 0 fully saturated rings. The van der Waals surface area contributed by atoms with Gasteiger partial charge in [0.15, 0.2) is 5.82 Å². The van der Waals surface area contributed by atoms with Crippen molar-refractivity contribution in [1.29, 1.82) is 0 Å². The molecule has 0 bridgehead atoms. The molecule has 4 heteroatoms. The van der Waals surface area contributed by atoms with Crippen molar-refractivity contribution in [3.05, 3.63) is 297 Å². The highest BCUT2D eigenvalue weighted by molar-refractivity contribution is 6.11. The molecule has 0 radical (unpaired) electrons. The molecule has 0 atom stereocenters. The monoisotopic (exact) mass is 1020 g/mol. The number of hydrogen-bond acceptors (Lipinski definition) is 3.